The molecule has 5 rings (SSSR count). The molecule has 142 valence electrons. The molecule has 1 fully saturated rings. The fourth-order valence-corrected chi connectivity index (χ4v) is 4.18. The van der Waals surface area contributed by atoms with Gasteiger partial charge in [0.1, 0.15) is 5.75 Å². The Morgan fingerprint density at radius 1 is 1.11 bits per heavy atom. The Hall–Kier alpha value is -3.08. The van der Waals surface area contributed by atoms with E-state index >= 15 is 0 Å². The molecule has 1 saturated heterocycles. The minimum atomic E-state index is -0.0231. The molecule has 2 aliphatic heterocycles. The first-order valence-corrected chi connectivity index (χ1v) is 9.79. The van der Waals surface area contributed by atoms with Crippen LogP contribution < -0.4 is 4.74 Å². The molecule has 5 heteroatoms. The van der Waals surface area contributed by atoms with Gasteiger partial charge in [0.2, 0.25) is 0 Å². The SMILES string of the molecule is Cc1cc([C@H]2CCCN2C(=O)c2ccc(-c3ccc4c(c3)CCO4)cc2)on1. The second-order valence-corrected chi connectivity index (χ2v) is 7.53. The average Bonchev–Trinajstić information content (AvgIpc) is 3.47. The second kappa shape index (κ2) is 6.82. The van der Waals surface area contributed by atoms with Crippen LogP contribution in [0.4, 0.5) is 0 Å². The van der Waals surface area contributed by atoms with E-state index in [0.717, 1.165) is 60.7 Å². The Balaban J connectivity index is 1.37. The number of hydrogen-bond acceptors (Lipinski definition) is 4. The molecule has 3 aromatic rings. The van der Waals surface area contributed by atoms with E-state index in [1.807, 2.05) is 48.2 Å². The Morgan fingerprint density at radius 3 is 2.71 bits per heavy atom. The zero-order valence-corrected chi connectivity index (χ0v) is 15.9. The van der Waals surface area contributed by atoms with E-state index < -0.39 is 0 Å². The summed E-state index contributed by atoms with van der Waals surface area (Å²) in [6.45, 7) is 3.40. The first-order chi connectivity index (χ1) is 13.7. The molecule has 0 bridgehead atoms. The van der Waals surface area contributed by atoms with Crippen LogP contribution in [0.5, 0.6) is 5.75 Å². The van der Waals surface area contributed by atoms with Crippen LogP contribution in [0.2, 0.25) is 0 Å². The van der Waals surface area contributed by atoms with Crippen LogP contribution in [-0.2, 0) is 6.42 Å². The molecule has 3 heterocycles. The number of rotatable bonds is 3. The van der Waals surface area contributed by atoms with Crippen LogP contribution in [0, 0.1) is 6.92 Å². The number of aromatic nitrogens is 1. The van der Waals surface area contributed by atoms with Crippen molar-refractivity contribution in [3.63, 3.8) is 0 Å². The van der Waals surface area contributed by atoms with Gasteiger partial charge in [-0.15, -0.1) is 0 Å². The highest BCUT2D eigenvalue weighted by Gasteiger charge is 2.33. The summed E-state index contributed by atoms with van der Waals surface area (Å²) in [6, 6.07) is 16.1. The molecule has 2 aliphatic rings. The van der Waals surface area contributed by atoms with Crippen molar-refractivity contribution >= 4 is 5.91 Å². The highest BCUT2D eigenvalue weighted by Crippen LogP contribution is 2.34. The van der Waals surface area contributed by atoms with Crippen LogP contribution >= 0.6 is 0 Å². The molecule has 1 amide bonds. The van der Waals surface area contributed by atoms with Crippen molar-refractivity contribution in [3.8, 4) is 16.9 Å². The highest BCUT2D eigenvalue weighted by molar-refractivity contribution is 5.95. The summed E-state index contributed by atoms with van der Waals surface area (Å²) in [4.78, 5) is 15.0. The van der Waals surface area contributed by atoms with Crippen molar-refractivity contribution in [3.05, 3.63) is 71.1 Å². The van der Waals surface area contributed by atoms with Gasteiger partial charge in [-0.1, -0.05) is 23.4 Å². The van der Waals surface area contributed by atoms with Crippen molar-refractivity contribution in [2.75, 3.05) is 13.2 Å². The van der Waals surface area contributed by atoms with E-state index in [-0.39, 0.29) is 11.9 Å². The third kappa shape index (κ3) is 2.97. The molecular weight excluding hydrogens is 352 g/mol. The van der Waals surface area contributed by atoms with Gasteiger partial charge in [0, 0.05) is 24.6 Å². The molecule has 0 saturated carbocycles. The molecule has 0 spiro atoms. The standard InChI is InChI=1S/C23H22N2O3/c1-15-13-22(28-24-15)20-3-2-11-25(20)23(26)17-6-4-16(5-7-17)18-8-9-21-19(14-18)10-12-27-21/h4-9,13-14,20H,2-3,10-12H2,1H3/t20-/m1/s1. The van der Waals surface area contributed by atoms with Crippen molar-refractivity contribution in [2.24, 2.45) is 0 Å². The smallest absolute Gasteiger partial charge is 0.254 e. The fourth-order valence-electron chi connectivity index (χ4n) is 4.18. The van der Waals surface area contributed by atoms with E-state index in [2.05, 4.69) is 17.3 Å². The van der Waals surface area contributed by atoms with Crippen molar-refractivity contribution < 1.29 is 14.1 Å². The summed E-state index contributed by atoms with van der Waals surface area (Å²) in [6.07, 6.45) is 2.85. The lowest BCUT2D eigenvalue weighted by atomic mass is 10.0. The molecular formula is C23H22N2O3. The van der Waals surface area contributed by atoms with E-state index in [1.165, 1.54) is 5.56 Å². The maximum Gasteiger partial charge on any atom is 0.254 e. The predicted octanol–water partition coefficient (Wildman–Crippen LogP) is 4.56. The number of hydrogen-bond donors (Lipinski definition) is 0. The van der Waals surface area contributed by atoms with Crippen LogP contribution in [0.25, 0.3) is 11.1 Å². The molecule has 0 aliphatic carbocycles. The van der Waals surface area contributed by atoms with Crippen molar-refractivity contribution in [1.82, 2.24) is 10.1 Å². The van der Waals surface area contributed by atoms with Gasteiger partial charge in [-0.25, -0.2) is 0 Å². The van der Waals surface area contributed by atoms with Gasteiger partial charge in [-0.05, 0) is 60.7 Å². The number of fused-ring (bicyclic) bond motifs is 1. The lowest BCUT2D eigenvalue weighted by molar-refractivity contribution is 0.0714. The van der Waals surface area contributed by atoms with Gasteiger partial charge in [0.15, 0.2) is 5.76 Å². The van der Waals surface area contributed by atoms with Crippen LogP contribution in [0.1, 0.15) is 46.3 Å². The lowest BCUT2D eigenvalue weighted by Crippen LogP contribution is -2.30. The first kappa shape index (κ1) is 17.0. The van der Waals surface area contributed by atoms with Crippen LogP contribution in [-0.4, -0.2) is 29.1 Å². The van der Waals surface area contributed by atoms with Gasteiger partial charge in [-0.3, -0.25) is 4.79 Å². The zero-order chi connectivity index (χ0) is 19.1. The Morgan fingerprint density at radius 2 is 1.93 bits per heavy atom. The third-order valence-electron chi connectivity index (χ3n) is 5.64. The van der Waals surface area contributed by atoms with Gasteiger partial charge < -0.3 is 14.2 Å². The van der Waals surface area contributed by atoms with Gasteiger partial charge in [0.25, 0.3) is 5.91 Å². The van der Waals surface area contributed by atoms with Gasteiger partial charge in [0.05, 0.1) is 18.3 Å². The maximum atomic E-state index is 13.1. The normalized spacial score (nSPS) is 18.2. The van der Waals surface area contributed by atoms with Crippen molar-refractivity contribution in [1.29, 1.82) is 0 Å². The summed E-state index contributed by atoms with van der Waals surface area (Å²) >= 11 is 0. The zero-order valence-electron chi connectivity index (χ0n) is 15.9. The monoisotopic (exact) mass is 374 g/mol. The fraction of sp³-hybridized carbons (Fsp3) is 0.304. The van der Waals surface area contributed by atoms with E-state index in [9.17, 15) is 4.79 Å². The molecule has 0 unspecified atom stereocenters. The Kier molecular flexibility index (Phi) is 4.15. The van der Waals surface area contributed by atoms with E-state index in [0.29, 0.717) is 5.56 Å². The molecule has 1 aromatic heterocycles. The third-order valence-corrected chi connectivity index (χ3v) is 5.64. The number of amides is 1. The second-order valence-electron chi connectivity index (χ2n) is 7.53. The molecule has 28 heavy (non-hydrogen) atoms. The molecule has 5 nitrogen and oxygen atoms in total. The minimum absolute atomic E-state index is 0.0231. The summed E-state index contributed by atoms with van der Waals surface area (Å²) < 4.78 is 11.0. The van der Waals surface area contributed by atoms with Gasteiger partial charge >= 0.3 is 0 Å². The number of aryl methyl sites for hydroxylation is 1. The Bertz CT molecular complexity index is 1020. The molecule has 1 atom stereocenters. The Labute approximate surface area is 163 Å². The largest absolute Gasteiger partial charge is 0.493 e. The summed E-state index contributed by atoms with van der Waals surface area (Å²) in [5, 5.41) is 3.98. The molecule has 2 aromatic carbocycles. The van der Waals surface area contributed by atoms with E-state index in [1.54, 1.807) is 0 Å². The number of ether oxygens (including phenoxy) is 1. The minimum Gasteiger partial charge on any atom is -0.493 e. The number of nitrogens with zero attached hydrogens (tertiary/aromatic N) is 2. The van der Waals surface area contributed by atoms with Crippen LogP contribution in [0.3, 0.4) is 0 Å². The molecule has 0 radical (unpaired) electrons. The summed E-state index contributed by atoms with van der Waals surface area (Å²) in [5.41, 5.74) is 5.06. The van der Waals surface area contributed by atoms with Crippen molar-refractivity contribution in [2.45, 2.75) is 32.2 Å². The first-order valence-electron chi connectivity index (χ1n) is 9.79. The quantitative estimate of drug-likeness (QED) is 0.674. The number of likely N-dealkylation sites (tertiary alicyclic amines) is 1. The molecule has 0 N–H and O–H groups in total. The number of carbonyl (C=O) groups excluding carboxylic acids is 1. The highest BCUT2D eigenvalue weighted by atomic mass is 16.5. The average molecular weight is 374 g/mol. The lowest BCUT2D eigenvalue weighted by Gasteiger charge is -2.22. The number of carbonyl (C=O) groups is 1. The number of benzene rings is 2. The topological polar surface area (TPSA) is 55.6 Å². The van der Waals surface area contributed by atoms with Gasteiger partial charge in [-0.2, -0.15) is 0 Å². The van der Waals surface area contributed by atoms with E-state index in [4.69, 9.17) is 9.26 Å². The van der Waals surface area contributed by atoms with Crippen LogP contribution in [0.15, 0.2) is 53.1 Å². The summed E-state index contributed by atoms with van der Waals surface area (Å²) in [5.74, 6) is 1.81. The summed E-state index contributed by atoms with van der Waals surface area (Å²) in [7, 11) is 0. The maximum absolute atomic E-state index is 13.1. The predicted molar refractivity (Wildman–Crippen MR) is 105 cm³/mol.